The van der Waals surface area contributed by atoms with Crippen molar-refractivity contribution in [1.29, 1.82) is 0 Å². The van der Waals surface area contributed by atoms with Gasteiger partial charge in [-0.25, -0.2) is 0 Å². The predicted molar refractivity (Wildman–Crippen MR) is 61.0 cm³/mol. The molecule has 0 amide bonds. The summed E-state index contributed by atoms with van der Waals surface area (Å²) >= 11 is 6.75. The maximum Gasteiger partial charge on any atom is 0.166 e. The van der Waals surface area contributed by atoms with Crippen molar-refractivity contribution in [3.63, 3.8) is 0 Å². The first-order valence-electron chi connectivity index (χ1n) is 1.86. The molecule has 1 nitrogen and oxygen atoms in total. The van der Waals surface area contributed by atoms with Crippen LogP contribution in [0.25, 0.3) is 0 Å². The molecule has 0 N–H and O–H groups in total. The fourth-order valence-corrected chi connectivity index (χ4v) is 1.65. The summed E-state index contributed by atoms with van der Waals surface area (Å²) in [5.74, 6) is 0. The van der Waals surface area contributed by atoms with E-state index in [9.17, 15) is 0 Å². The Labute approximate surface area is 90.0 Å². The summed E-state index contributed by atoms with van der Waals surface area (Å²) in [6.07, 6.45) is 0. The molecular weight excluding hydrogens is 445 g/mol. The molecule has 8 heavy (non-hydrogen) atoms. The van der Waals surface area contributed by atoms with Crippen LogP contribution in [0.3, 0.4) is 0 Å². The minimum atomic E-state index is 0.998. The molecule has 0 radical (unpaired) electrons. The van der Waals surface area contributed by atoms with E-state index in [1.807, 2.05) is 0 Å². The van der Waals surface area contributed by atoms with E-state index in [2.05, 4.69) is 67.8 Å². The van der Waals surface area contributed by atoms with Crippen LogP contribution in [-0.4, -0.2) is 11.5 Å². The summed E-state index contributed by atoms with van der Waals surface area (Å²) in [5, 5.41) is 0. The molecule has 0 rings (SSSR count). The highest BCUT2D eigenvalue weighted by atomic mass is 127. The van der Waals surface area contributed by atoms with Gasteiger partial charge in [0.05, 0.1) is 7.11 Å². The number of alkyl halides is 1. The van der Waals surface area contributed by atoms with Crippen LogP contribution in [0.2, 0.25) is 0 Å². The second kappa shape index (κ2) is 5.51. The summed E-state index contributed by atoms with van der Waals surface area (Å²) in [4.78, 5) is 0. The van der Waals surface area contributed by atoms with Crippen molar-refractivity contribution in [2.75, 3.05) is 11.5 Å². The van der Waals surface area contributed by atoms with E-state index in [0.29, 0.717) is 0 Å². The lowest BCUT2D eigenvalue weighted by Gasteiger charge is -1.97. The number of hydrogen-bond donors (Lipinski definition) is 0. The Morgan fingerprint density at radius 1 is 1.50 bits per heavy atom. The van der Waals surface area contributed by atoms with Crippen molar-refractivity contribution in [2.45, 2.75) is 0 Å². The molecule has 48 valence electrons. The van der Waals surface area contributed by atoms with Gasteiger partial charge in [0.15, 0.2) is 3.77 Å². The molecule has 0 spiro atoms. The van der Waals surface area contributed by atoms with Crippen LogP contribution in [0, 0.1) is 0 Å². The predicted octanol–water partition coefficient (Wildman–Crippen LogP) is 3.11. The average molecular weight is 450 g/mol. The summed E-state index contributed by atoms with van der Waals surface area (Å²) in [7, 11) is 1.69. The van der Waals surface area contributed by atoms with E-state index in [4.69, 9.17) is 4.74 Å². The second-order valence-corrected chi connectivity index (χ2v) is 4.06. The Morgan fingerprint density at radius 3 is 2.12 bits per heavy atom. The number of methoxy groups -OCH3 is 1. The summed E-state index contributed by atoms with van der Waals surface area (Å²) in [6.45, 7) is 0. The zero-order valence-corrected chi connectivity index (χ0v) is 10.7. The molecule has 0 unspecified atom stereocenters. The molecule has 0 saturated heterocycles. The molecule has 0 aromatic carbocycles. The van der Waals surface area contributed by atoms with Crippen molar-refractivity contribution in [1.82, 2.24) is 0 Å². The molecule has 4 heteroatoms. The van der Waals surface area contributed by atoms with Gasteiger partial charge in [0.1, 0.15) is 0 Å². The normalized spacial score (nSPS) is 13.0. The van der Waals surface area contributed by atoms with E-state index in [1.54, 1.807) is 7.11 Å². The van der Waals surface area contributed by atoms with Gasteiger partial charge in [-0.3, -0.25) is 0 Å². The van der Waals surface area contributed by atoms with Crippen LogP contribution in [0.1, 0.15) is 0 Å². The van der Waals surface area contributed by atoms with Crippen LogP contribution < -0.4 is 0 Å². The smallest absolute Gasteiger partial charge is 0.166 e. The minimum absolute atomic E-state index is 0.998. The topological polar surface area (TPSA) is 9.23 Å². The highest BCUT2D eigenvalue weighted by Gasteiger charge is 1.95. The second-order valence-electron chi connectivity index (χ2n) is 1.02. The Hall–Kier alpha value is 1.73. The number of allylic oxidation sites excluding steroid dienone is 1. The highest BCUT2D eigenvalue weighted by Crippen LogP contribution is 2.20. The van der Waals surface area contributed by atoms with Crippen LogP contribution in [0.5, 0.6) is 0 Å². The molecule has 0 aromatic rings. The van der Waals surface area contributed by atoms with E-state index < -0.39 is 0 Å². The fourth-order valence-electron chi connectivity index (χ4n) is 0.163. The van der Waals surface area contributed by atoms with Crippen LogP contribution >= 0.6 is 67.8 Å². The lowest BCUT2D eigenvalue weighted by Crippen LogP contribution is -1.79. The molecule has 0 aromatic heterocycles. The van der Waals surface area contributed by atoms with Crippen molar-refractivity contribution in [3.8, 4) is 0 Å². The maximum atomic E-state index is 4.96. The standard InChI is InChI=1S/C4H5I3O/c1-8-4(7)3(6)2-5/h2H2,1H3/b4-3+. The average Bonchev–Trinajstić information content (AvgIpc) is 1.84. The third-order valence-corrected chi connectivity index (χ3v) is 5.73. The third kappa shape index (κ3) is 3.70. The van der Waals surface area contributed by atoms with Crippen LogP contribution in [0.4, 0.5) is 0 Å². The number of hydrogen-bond acceptors (Lipinski definition) is 1. The summed E-state index contributed by atoms with van der Waals surface area (Å²) in [5.41, 5.74) is 0. The van der Waals surface area contributed by atoms with Gasteiger partial charge in [-0.1, -0.05) is 22.6 Å². The van der Waals surface area contributed by atoms with Crippen molar-refractivity contribution in [3.05, 3.63) is 7.35 Å². The molecule has 0 bridgehead atoms. The molecule has 0 aliphatic carbocycles. The first-order valence-corrected chi connectivity index (χ1v) is 5.54. The Morgan fingerprint density at radius 2 is 2.00 bits per heavy atom. The van der Waals surface area contributed by atoms with Gasteiger partial charge in [-0.2, -0.15) is 0 Å². The number of halogens is 3. The van der Waals surface area contributed by atoms with Crippen LogP contribution in [-0.2, 0) is 4.74 Å². The SMILES string of the molecule is CO/C(I)=C(/I)CI. The lowest BCUT2D eigenvalue weighted by atomic mass is 10.7. The Balaban J connectivity index is 3.83. The minimum Gasteiger partial charge on any atom is -0.490 e. The first kappa shape index (κ1) is 9.73. The van der Waals surface area contributed by atoms with Gasteiger partial charge in [0.25, 0.3) is 0 Å². The summed E-state index contributed by atoms with van der Waals surface area (Å²) in [6, 6.07) is 0. The third-order valence-electron chi connectivity index (χ3n) is 0.510. The van der Waals surface area contributed by atoms with Gasteiger partial charge in [-0.15, -0.1) is 0 Å². The van der Waals surface area contributed by atoms with Crippen molar-refractivity contribution >= 4 is 67.8 Å². The zero-order valence-electron chi connectivity index (χ0n) is 4.25. The molecule has 0 heterocycles. The molecule has 0 fully saturated rings. The largest absolute Gasteiger partial charge is 0.490 e. The van der Waals surface area contributed by atoms with Gasteiger partial charge in [0.2, 0.25) is 0 Å². The molecular formula is C4H5I3O. The zero-order chi connectivity index (χ0) is 6.57. The van der Waals surface area contributed by atoms with Crippen molar-refractivity contribution < 1.29 is 4.74 Å². The highest BCUT2D eigenvalue weighted by molar-refractivity contribution is 14.1. The van der Waals surface area contributed by atoms with E-state index in [-0.39, 0.29) is 0 Å². The van der Waals surface area contributed by atoms with Crippen LogP contribution in [0.15, 0.2) is 7.35 Å². The monoisotopic (exact) mass is 450 g/mol. The molecule has 0 aliphatic heterocycles. The van der Waals surface area contributed by atoms with Gasteiger partial charge in [-0.05, 0) is 45.2 Å². The first-order chi connectivity index (χ1) is 3.72. The van der Waals surface area contributed by atoms with E-state index >= 15 is 0 Å². The molecule has 0 saturated carbocycles. The lowest BCUT2D eigenvalue weighted by molar-refractivity contribution is 0.331. The van der Waals surface area contributed by atoms with E-state index in [0.717, 1.165) is 8.19 Å². The van der Waals surface area contributed by atoms with Gasteiger partial charge < -0.3 is 4.74 Å². The maximum absolute atomic E-state index is 4.96. The fraction of sp³-hybridized carbons (Fsp3) is 0.500. The number of ether oxygens (including phenoxy) is 1. The van der Waals surface area contributed by atoms with Gasteiger partial charge >= 0.3 is 0 Å². The van der Waals surface area contributed by atoms with E-state index in [1.165, 1.54) is 3.58 Å². The Bertz CT molecular complexity index is 87.5. The quantitative estimate of drug-likeness (QED) is 0.358. The molecule has 0 atom stereocenters. The van der Waals surface area contributed by atoms with Gasteiger partial charge in [0, 0.05) is 8.01 Å². The van der Waals surface area contributed by atoms with Crippen molar-refractivity contribution in [2.24, 2.45) is 0 Å². The molecule has 0 aliphatic rings. The summed E-state index contributed by atoms with van der Waals surface area (Å²) < 4.78 is 8.26. The number of rotatable bonds is 2. The Kier molecular flexibility index (Phi) is 6.70.